The van der Waals surface area contributed by atoms with Crippen molar-refractivity contribution in [3.05, 3.63) is 33.7 Å². The average molecular weight is 372 g/mol. The Hall–Kier alpha value is -2.05. The minimum atomic E-state index is -0.258. The van der Waals surface area contributed by atoms with Crippen LogP contribution in [-0.2, 0) is 13.0 Å². The minimum absolute atomic E-state index is 0.258. The molecule has 0 aliphatic carbocycles. The second-order valence-electron chi connectivity index (χ2n) is 7.45. The van der Waals surface area contributed by atoms with Crippen LogP contribution in [0.15, 0.2) is 21.3 Å². The topological polar surface area (TPSA) is 55.2 Å². The van der Waals surface area contributed by atoms with Gasteiger partial charge in [0.15, 0.2) is 11.3 Å². The number of benzene rings is 1. The van der Waals surface area contributed by atoms with E-state index in [-0.39, 0.29) is 5.63 Å². The normalized spacial score (nSPS) is 18.4. The predicted molar refractivity (Wildman–Crippen MR) is 105 cm³/mol. The second kappa shape index (κ2) is 7.90. The third-order valence-electron chi connectivity index (χ3n) is 5.87. The van der Waals surface area contributed by atoms with E-state index in [1.807, 2.05) is 12.1 Å². The number of nitrogens with zero attached hydrogens (tertiary/aromatic N) is 2. The highest BCUT2D eigenvalue weighted by molar-refractivity contribution is 5.88. The lowest BCUT2D eigenvalue weighted by Crippen LogP contribution is -2.41. The van der Waals surface area contributed by atoms with Crippen LogP contribution in [-0.4, -0.2) is 56.7 Å². The molecule has 0 unspecified atom stereocenters. The fourth-order valence-electron chi connectivity index (χ4n) is 4.35. The molecular formula is C21H28N2O4. The van der Waals surface area contributed by atoms with Crippen LogP contribution < -0.4 is 15.1 Å². The summed E-state index contributed by atoms with van der Waals surface area (Å²) in [5.74, 6) is 1.06. The smallest absolute Gasteiger partial charge is 0.341 e. The van der Waals surface area contributed by atoms with Gasteiger partial charge in [-0.15, -0.1) is 0 Å². The van der Waals surface area contributed by atoms with E-state index < -0.39 is 0 Å². The van der Waals surface area contributed by atoms with Crippen molar-refractivity contribution in [3.8, 4) is 11.5 Å². The maximum absolute atomic E-state index is 12.7. The van der Waals surface area contributed by atoms with Crippen molar-refractivity contribution < 1.29 is 13.9 Å². The summed E-state index contributed by atoms with van der Waals surface area (Å²) >= 11 is 0. The molecule has 0 bridgehead atoms. The van der Waals surface area contributed by atoms with Gasteiger partial charge in [0.05, 0.1) is 19.8 Å². The molecular weight excluding hydrogens is 344 g/mol. The van der Waals surface area contributed by atoms with Gasteiger partial charge in [-0.1, -0.05) is 6.42 Å². The Morgan fingerprint density at radius 2 is 1.74 bits per heavy atom. The highest BCUT2D eigenvalue weighted by Crippen LogP contribution is 2.37. The van der Waals surface area contributed by atoms with Gasteiger partial charge in [0.1, 0.15) is 0 Å². The Balaban J connectivity index is 1.58. The number of fused-ring (bicyclic) bond motifs is 3. The van der Waals surface area contributed by atoms with E-state index in [4.69, 9.17) is 13.9 Å². The number of ether oxygens (including phenoxy) is 2. The molecule has 0 N–H and O–H groups in total. The molecule has 6 heteroatoms. The van der Waals surface area contributed by atoms with Crippen molar-refractivity contribution in [3.63, 3.8) is 0 Å². The summed E-state index contributed by atoms with van der Waals surface area (Å²) in [4.78, 5) is 17.6. The number of hydrogen-bond donors (Lipinski definition) is 0. The molecule has 27 heavy (non-hydrogen) atoms. The summed E-state index contributed by atoms with van der Waals surface area (Å²) < 4.78 is 16.5. The zero-order chi connectivity index (χ0) is 18.8. The van der Waals surface area contributed by atoms with Gasteiger partial charge >= 0.3 is 5.63 Å². The van der Waals surface area contributed by atoms with Gasteiger partial charge in [-0.05, 0) is 50.0 Å². The van der Waals surface area contributed by atoms with Crippen molar-refractivity contribution in [1.29, 1.82) is 0 Å². The first kappa shape index (κ1) is 18.3. The predicted octanol–water partition coefficient (Wildman–Crippen LogP) is 2.65. The number of rotatable bonds is 5. The molecule has 0 atom stereocenters. The zero-order valence-electron chi connectivity index (χ0n) is 16.3. The Labute approximate surface area is 159 Å². The van der Waals surface area contributed by atoms with Crippen molar-refractivity contribution in [2.75, 3.05) is 46.9 Å². The van der Waals surface area contributed by atoms with Crippen LogP contribution in [0.2, 0.25) is 0 Å². The van der Waals surface area contributed by atoms with E-state index in [1.165, 1.54) is 32.4 Å². The van der Waals surface area contributed by atoms with Crippen molar-refractivity contribution in [1.82, 2.24) is 9.80 Å². The first-order valence-electron chi connectivity index (χ1n) is 9.85. The van der Waals surface area contributed by atoms with Gasteiger partial charge in [0.2, 0.25) is 5.75 Å². The molecule has 3 heterocycles. The molecule has 1 aromatic heterocycles. The zero-order valence-corrected chi connectivity index (χ0v) is 16.3. The van der Waals surface area contributed by atoms with Gasteiger partial charge in [-0.25, -0.2) is 4.79 Å². The lowest BCUT2D eigenvalue weighted by atomic mass is 9.97. The van der Waals surface area contributed by atoms with Crippen molar-refractivity contribution in [2.24, 2.45) is 0 Å². The number of hydrogen-bond acceptors (Lipinski definition) is 6. The van der Waals surface area contributed by atoms with Crippen LogP contribution in [0.4, 0.5) is 0 Å². The van der Waals surface area contributed by atoms with Gasteiger partial charge in [-0.3, -0.25) is 4.90 Å². The van der Waals surface area contributed by atoms with Crippen LogP contribution in [0.5, 0.6) is 11.5 Å². The van der Waals surface area contributed by atoms with E-state index in [9.17, 15) is 4.79 Å². The summed E-state index contributed by atoms with van der Waals surface area (Å²) in [6.07, 6.45) is 4.83. The van der Waals surface area contributed by atoms with Gasteiger partial charge in [0.25, 0.3) is 0 Å². The molecule has 1 saturated heterocycles. The Bertz CT molecular complexity index is 871. The summed E-state index contributed by atoms with van der Waals surface area (Å²) in [5.41, 5.74) is 2.12. The summed E-state index contributed by atoms with van der Waals surface area (Å²) in [7, 11) is 3.15. The first-order valence-corrected chi connectivity index (χ1v) is 9.85. The van der Waals surface area contributed by atoms with Crippen molar-refractivity contribution in [2.45, 2.75) is 32.2 Å². The molecule has 0 radical (unpaired) electrons. The van der Waals surface area contributed by atoms with Gasteiger partial charge in [-0.2, -0.15) is 0 Å². The maximum atomic E-state index is 12.7. The third kappa shape index (κ3) is 3.56. The molecule has 2 aliphatic rings. The molecule has 0 saturated carbocycles. The van der Waals surface area contributed by atoms with E-state index in [1.54, 1.807) is 14.2 Å². The van der Waals surface area contributed by atoms with E-state index in [0.29, 0.717) is 23.6 Å². The van der Waals surface area contributed by atoms with Crippen LogP contribution in [0.3, 0.4) is 0 Å². The second-order valence-corrected chi connectivity index (χ2v) is 7.45. The van der Waals surface area contributed by atoms with Crippen molar-refractivity contribution >= 4 is 11.0 Å². The van der Waals surface area contributed by atoms with Crippen LogP contribution in [0.25, 0.3) is 11.0 Å². The van der Waals surface area contributed by atoms with Crippen LogP contribution in [0.1, 0.15) is 30.4 Å². The molecule has 6 nitrogen and oxygen atoms in total. The summed E-state index contributed by atoms with van der Waals surface area (Å²) in [6.45, 7) is 6.13. The quantitative estimate of drug-likeness (QED) is 0.752. The molecule has 2 aliphatic heterocycles. The molecule has 0 spiro atoms. The average Bonchev–Trinajstić information content (AvgIpc) is 2.72. The Kier molecular flexibility index (Phi) is 5.36. The standard InChI is InChI=1S/C21H28N2O4/c1-25-18-7-6-16-15-8-11-23(13-12-22-9-4-3-5-10-22)14-17(15)21(24)27-19(16)20(18)26-2/h6-7H,3-5,8-14H2,1-2H3. The largest absolute Gasteiger partial charge is 0.493 e. The third-order valence-corrected chi connectivity index (χ3v) is 5.87. The van der Waals surface area contributed by atoms with E-state index >= 15 is 0 Å². The minimum Gasteiger partial charge on any atom is -0.493 e. The fraction of sp³-hybridized carbons (Fsp3) is 0.571. The summed E-state index contributed by atoms with van der Waals surface area (Å²) in [6, 6.07) is 3.85. The van der Waals surface area contributed by atoms with Gasteiger partial charge < -0.3 is 18.8 Å². The maximum Gasteiger partial charge on any atom is 0.341 e. The van der Waals surface area contributed by atoms with E-state index in [2.05, 4.69) is 9.80 Å². The lowest BCUT2D eigenvalue weighted by molar-refractivity contribution is 0.172. The van der Waals surface area contributed by atoms with Crippen LogP contribution in [0, 0.1) is 0 Å². The number of likely N-dealkylation sites (tertiary alicyclic amines) is 1. The SMILES string of the molecule is COc1ccc2c3c(c(=O)oc2c1OC)CN(CCN1CCCCC1)CC3. The molecule has 1 aromatic carbocycles. The van der Waals surface area contributed by atoms with Crippen LogP contribution >= 0.6 is 0 Å². The fourth-order valence-corrected chi connectivity index (χ4v) is 4.35. The highest BCUT2D eigenvalue weighted by atomic mass is 16.5. The highest BCUT2D eigenvalue weighted by Gasteiger charge is 2.25. The first-order chi connectivity index (χ1) is 13.2. The molecule has 0 amide bonds. The van der Waals surface area contributed by atoms with Gasteiger partial charge in [0, 0.05) is 31.6 Å². The number of piperidine rings is 1. The molecule has 146 valence electrons. The molecule has 4 rings (SSSR count). The Morgan fingerprint density at radius 1 is 0.963 bits per heavy atom. The lowest BCUT2D eigenvalue weighted by Gasteiger charge is -2.32. The summed E-state index contributed by atoms with van der Waals surface area (Å²) in [5, 5.41) is 0.956. The Morgan fingerprint density at radius 3 is 2.48 bits per heavy atom. The number of methoxy groups -OCH3 is 2. The van der Waals surface area contributed by atoms with E-state index in [0.717, 1.165) is 42.6 Å². The molecule has 2 aromatic rings. The monoisotopic (exact) mass is 372 g/mol. The molecule has 1 fully saturated rings.